The van der Waals surface area contributed by atoms with Crippen molar-refractivity contribution in [2.24, 2.45) is 0 Å². The van der Waals surface area contributed by atoms with E-state index in [0.717, 1.165) is 19.3 Å². The van der Waals surface area contributed by atoms with Gasteiger partial charge in [0.25, 0.3) is 0 Å². The fraction of sp³-hybridized carbons (Fsp3) is 0.455. The Morgan fingerprint density at radius 1 is 1.47 bits per heavy atom. The molecule has 0 spiro atoms. The second-order valence-corrected chi connectivity index (χ2v) is 3.75. The number of nitrogens with zero attached hydrogens (tertiary/aromatic N) is 2. The number of halogens is 1. The Labute approximate surface area is 95.1 Å². The van der Waals surface area contributed by atoms with E-state index in [1.807, 2.05) is 6.41 Å². The van der Waals surface area contributed by atoms with Crippen molar-refractivity contribution < 1.29 is 4.79 Å². The molecule has 0 fully saturated rings. The summed E-state index contributed by atoms with van der Waals surface area (Å²) in [7, 11) is 0. The lowest BCUT2D eigenvalue weighted by Crippen LogP contribution is -2.22. The van der Waals surface area contributed by atoms with Crippen LogP contribution in [-0.4, -0.2) is 17.9 Å². The van der Waals surface area contributed by atoms with Gasteiger partial charge in [-0.25, -0.2) is 0 Å². The molecule has 0 aromatic carbocycles. The first-order chi connectivity index (χ1) is 7.27. The monoisotopic (exact) mass is 225 g/mol. The van der Waals surface area contributed by atoms with Crippen LogP contribution < -0.4 is 4.90 Å². The highest BCUT2D eigenvalue weighted by molar-refractivity contribution is 6.30. The molecule has 0 N–H and O–H groups in total. The van der Waals surface area contributed by atoms with Crippen molar-refractivity contribution in [2.75, 3.05) is 11.4 Å². The zero-order chi connectivity index (χ0) is 11.1. The van der Waals surface area contributed by atoms with E-state index in [1.54, 1.807) is 18.5 Å². The molecule has 0 unspecified atom stereocenters. The van der Waals surface area contributed by atoms with Crippen molar-refractivity contribution in [3.05, 3.63) is 23.5 Å². The molecule has 0 aliphatic heterocycles. The average Bonchev–Trinajstić information content (AvgIpc) is 2.24. The molecule has 0 aliphatic carbocycles. The topological polar surface area (TPSA) is 33.2 Å². The summed E-state index contributed by atoms with van der Waals surface area (Å²) in [5.74, 6) is 0. The van der Waals surface area contributed by atoms with E-state index in [-0.39, 0.29) is 0 Å². The van der Waals surface area contributed by atoms with E-state index in [0.29, 0.717) is 17.3 Å². The van der Waals surface area contributed by atoms with Crippen LogP contribution in [0.4, 0.5) is 5.69 Å². The third-order valence-corrected chi connectivity index (χ3v) is 2.30. The lowest BCUT2D eigenvalue weighted by molar-refractivity contribution is 0.548. The summed E-state index contributed by atoms with van der Waals surface area (Å²) in [4.78, 5) is 16.2. The summed E-state index contributed by atoms with van der Waals surface area (Å²) in [6.45, 7) is 2.79. The summed E-state index contributed by atoms with van der Waals surface area (Å²) in [6, 6.07) is 1.71. The lowest BCUT2D eigenvalue weighted by atomic mass is 10.2. The number of rotatable bonds is 6. The second kappa shape index (κ2) is 6.40. The summed E-state index contributed by atoms with van der Waals surface area (Å²) in [5, 5.41) is 0.531. The molecule has 3 nitrogen and oxygen atoms in total. The van der Waals surface area contributed by atoms with Gasteiger partial charge in [-0.3, -0.25) is 9.78 Å². The van der Waals surface area contributed by atoms with E-state index in [1.165, 1.54) is 4.90 Å². The van der Waals surface area contributed by atoms with E-state index in [4.69, 9.17) is 11.6 Å². The van der Waals surface area contributed by atoms with Crippen LogP contribution in [0.2, 0.25) is 5.02 Å². The highest BCUT2D eigenvalue weighted by atomic mass is 35.5. The number of unbranched alkanes of at least 4 members (excludes halogenated alkanes) is 2. The number of aromatic nitrogens is 1. The second-order valence-electron chi connectivity index (χ2n) is 3.31. The number of amides is 1. The van der Waals surface area contributed by atoms with Crippen molar-refractivity contribution in [3.8, 4) is 0 Å². The number of anilines is 1. The predicted molar refractivity (Wildman–Crippen MR) is 61.8 cm³/mol. The molecule has 1 amide bonds. The molecule has 15 heavy (non-hydrogen) atoms. The highest BCUT2D eigenvalue weighted by Gasteiger charge is 2.06. The quantitative estimate of drug-likeness (QED) is 0.551. The maximum Gasteiger partial charge on any atom is 0.316 e. The molecular weight excluding hydrogens is 212 g/mol. The van der Waals surface area contributed by atoms with Crippen LogP contribution in [0.5, 0.6) is 0 Å². The van der Waals surface area contributed by atoms with Crippen molar-refractivity contribution in [3.63, 3.8) is 0 Å². The molecule has 1 rings (SSSR count). The maximum atomic E-state index is 10.7. The summed E-state index contributed by atoms with van der Waals surface area (Å²) in [5.41, 5.74) is 0.702. The van der Waals surface area contributed by atoms with Crippen molar-refractivity contribution in [1.29, 1.82) is 0 Å². The Hall–Kier alpha value is -1.09. The Kier molecular flexibility index (Phi) is 5.12. The standard InChI is InChI=1S/C11H14ClN2O/c1-2-3-4-5-14(9-15)11-6-10(12)7-13-8-11/h6-8H,2-5H2,1H3. The van der Waals surface area contributed by atoms with Crippen molar-refractivity contribution in [1.82, 2.24) is 4.98 Å². The highest BCUT2D eigenvalue weighted by Crippen LogP contribution is 2.17. The molecule has 1 heterocycles. The minimum Gasteiger partial charge on any atom is -0.303 e. The van der Waals surface area contributed by atoms with E-state index in [2.05, 4.69) is 11.9 Å². The van der Waals surface area contributed by atoms with Gasteiger partial charge in [0.15, 0.2) is 0 Å². The zero-order valence-corrected chi connectivity index (χ0v) is 9.50. The first-order valence-corrected chi connectivity index (χ1v) is 5.41. The molecule has 0 saturated carbocycles. The normalized spacial score (nSPS) is 10.0. The molecule has 0 bridgehead atoms. The summed E-state index contributed by atoms with van der Waals surface area (Å²) >= 11 is 5.79. The Morgan fingerprint density at radius 2 is 2.27 bits per heavy atom. The third-order valence-electron chi connectivity index (χ3n) is 2.10. The molecule has 81 valence electrons. The molecule has 1 aromatic heterocycles. The van der Waals surface area contributed by atoms with Crippen LogP contribution in [0.3, 0.4) is 0 Å². The molecule has 1 aromatic rings. The maximum absolute atomic E-state index is 10.7. The molecule has 0 aliphatic rings. The van der Waals surface area contributed by atoms with Gasteiger partial charge in [-0.05, 0) is 12.5 Å². The third kappa shape index (κ3) is 3.88. The average molecular weight is 226 g/mol. The van der Waals surface area contributed by atoms with Crippen molar-refractivity contribution in [2.45, 2.75) is 26.2 Å². The van der Waals surface area contributed by atoms with Crippen LogP contribution in [0.15, 0.2) is 18.5 Å². The van der Waals surface area contributed by atoms with E-state index >= 15 is 0 Å². The Bertz CT molecular complexity index is 317. The van der Waals surface area contributed by atoms with Crippen molar-refractivity contribution >= 4 is 23.7 Å². The fourth-order valence-corrected chi connectivity index (χ4v) is 1.46. The Morgan fingerprint density at radius 3 is 2.87 bits per heavy atom. The van der Waals surface area contributed by atoms with Gasteiger partial charge in [-0.2, -0.15) is 0 Å². The van der Waals surface area contributed by atoms with Gasteiger partial charge in [0, 0.05) is 12.7 Å². The smallest absolute Gasteiger partial charge is 0.303 e. The fourth-order valence-electron chi connectivity index (χ4n) is 1.30. The van der Waals surface area contributed by atoms with Gasteiger partial charge in [-0.1, -0.05) is 31.4 Å². The minimum absolute atomic E-state index is 0.531. The van der Waals surface area contributed by atoms with Gasteiger partial charge < -0.3 is 4.90 Å². The molecule has 4 heteroatoms. The molecule has 1 radical (unpaired) electrons. The van der Waals surface area contributed by atoms with Gasteiger partial charge in [-0.15, -0.1) is 0 Å². The first kappa shape index (κ1) is 12.0. The number of pyridine rings is 1. The van der Waals surface area contributed by atoms with Gasteiger partial charge in [0.2, 0.25) is 0 Å². The van der Waals surface area contributed by atoms with Crippen LogP contribution >= 0.6 is 11.6 Å². The molecule has 0 saturated heterocycles. The van der Waals surface area contributed by atoms with Crippen LogP contribution in [0.1, 0.15) is 26.2 Å². The van der Waals surface area contributed by atoms with Gasteiger partial charge in [0.1, 0.15) is 0 Å². The van der Waals surface area contributed by atoms with E-state index < -0.39 is 0 Å². The Balaban J connectivity index is 2.61. The number of carbonyl (C=O) groups excluding carboxylic acids is 1. The first-order valence-electron chi connectivity index (χ1n) is 5.03. The predicted octanol–water partition coefficient (Wildman–Crippen LogP) is 2.80. The minimum atomic E-state index is 0.531. The summed E-state index contributed by atoms with van der Waals surface area (Å²) < 4.78 is 0. The van der Waals surface area contributed by atoms with Crippen LogP contribution in [0.25, 0.3) is 0 Å². The van der Waals surface area contributed by atoms with E-state index in [9.17, 15) is 4.79 Å². The van der Waals surface area contributed by atoms with Crippen LogP contribution in [-0.2, 0) is 4.79 Å². The van der Waals surface area contributed by atoms with Gasteiger partial charge in [0.05, 0.1) is 16.9 Å². The van der Waals surface area contributed by atoms with Gasteiger partial charge >= 0.3 is 6.41 Å². The number of hydrogen-bond donors (Lipinski definition) is 0. The lowest BCUT2D eigenvalue weighted by Gasteiger charge is -2.15. The largest absolute Gasteiger partial charge is 0.316 e. The van der Waals surface area contributed by atoms with Crippen LogP contribution in [0, 0.1) is 0 Å². The molecular formula is C11H14ClN2O. The summed E-state index contributed by atoms with van der Waals surface area (Å²) in [6.07, 6.45) is 8.24. The zero-order valence-electron chi connectivity index (χ0n) is 8.74. The molecule has 0 atom stereocenters. The number of hydrogen-bond acceptors (Lipinski definition) is 2. The SMILES string of the molecule is CCCCCN([C]=O)c1cncc(Cl)c1.